The quantitative estimate of drug-likeness (QED) is 0.644. The third-order valence-electron chi connectivity index (χ3n) is 2.77. The molecule has 3 N–H and O–H groups in total. The molecule has 6 heteroatoms. The fourth-order valence-corrected chi connectivity index (χ4v) is 1.83. The van der Waals surface area contributed by atoms with Crippen LogP contribution in [-0.2, 0) is 17.6 Å². The highest BCUT2D eigenvalue weighted by Gasteiger charge is 2.24. The molecule has 1 atom stereocenters. The van der Waals surface area contributed by atoms with Crippen molar-refractivity contribution in [3.05, 3.63) is 29.1 Å². The second-order valence-electron chi connectivity index (χ2n) is 3.89. The first-order chi connectivity index (χ1) is 8.13. The summed E-state index contributed by atoms with van der Waals surface area (Å²) in [5.41, 5.74) is 7.85. The lowest BCUT2D eigenvalue weighted by Crippen LogP contribution is -2.45. The summed E-state index contributed by atoms with van der Waals surface area (Å²) in [7, 11) is 0. The number of nitrogens with zero attached hydrogens (tertiary/aromatic N) is 1. The molecule has 0 spiro atoms. The largest absolute Gasteiger partial charge is 0.319 e. The Morgan fingerprint density at radius 3 is 2.88 bits per heavy atom. The summed E-state index contributed by atoms with van der Waals surface area (Å²) in [6.07, 6.45) is 3.30. The molecule has 0 bridgehead atoms. The molecule has 0 fully saturated rings. The van der Waals surface area contributed by atoms with Gasteiger partial charge < -0.3 is 5.73 Å². The van der Waals surface area contributed by atoms with Crippen molar-refractivity contribution >= 4 is 24.4 Å². The summed E-state index contributed by atoms with van der Waals surface area (Å²) in [5.74, 6) is -0.714. The van der Waals surface area contributed by atoms with Crippen molar-refractivity contribution in [2.45, 2.75) is 18.9 Å². The van der Waals surface area contributed by atoms with Crippen LogP contribution >= 0.6 is 12.6 Å². The Kier molecular flexibility index (Phi) is 3.44. The van der Waals surface area contributed by atoms with E-state index in [1.165, 1.54) is 0 Å². The second-order valence-corrected chi connectivity index (χ2v) is 4.26. The van der Waals surface area contributed by atoms with E-state index >= 15 is 0 Å². The van der Waals surface area contributed by atoms with E-state index in [1.54, 1.807) is 12.3 Å². The average Bonchev–Trinajstić information content (AvgIpc) is 2.28. The van der Waals surface area contributed by atoms with E-state index < -0.39 is 17.9 Å². The number of carbonyl (C=O) groups is 2. The number of aromatic nitrogens is 1. The van der Waals surface area contributed by atoms with E-state index in [9.17, 15) is 9.59 Å². The van der Waals surface area contributed by atoms with Gasteiger partial charge in [0, 0.05) is 23.2 Å². The number of nitrogens with one attached hydrogen (secondary N) is 1. The van der Waals surface area contributed by atoms with Gasteiger partial charge in [0.15, 0.2) is 0 Å². The number of hydrogen-bond acceptors (Lipinski definition) is 5. The molecule has 5 nitrogen and oxygen atoms in total. The Balaban J connectivity index is 2.10. The van der Waals surface area contributed by atoms with Gasteiger partial charge in [0.1, 0.15) is 0 Å². The molecule has 1 aliphatic carbocycles. The number of nitrogens with two attached hydrogens (primary N) is 1. The maximum absolute atomic E-state index is 11.8. The SMILES string of the molecule is N[C@@H](CS)C(=O)NC(=O)c1ccnc2c1CC2. The number of fused-ring (bicyclic) bond motifs is 1. The van der Waals surface area contributed by atoms with Gasteiger partial charge >= 0.3 is 0 Å². The maximum atomic E-state index is 11.8. The Bertz CT molecular complexity index is 476. The molecule has 2 rings (SSSR count). The lowest BCUT2D eigenvalue weighted by Gasteiger charge is -2.20. The van der Waals surface area contributed by atoms with Crippen LogP contribution < -0.4 is 11.1 Å². The first-order valence-corrected chi connectivity index (χ1v) is 5.95. The van der Waals surface area contributed by atoms with Crippen molar-refractivity contribution in [3.63, 3.8) is 0 Å². The molecule has 1 aliphatic rings. The van der Waals surface area contributed by atoms with E-state index in [0.717, 1.165) is 24.1 Å². The van der Waals surface area contributed by atoms with E-state index in [2.05, 4.69) is 22.9 Å². The molecule has 0 saturated heterocycles. The zero-order valence-corrected chi connectivity index (χ0v) is 10.0. The summed E-state index contributed by atoms with van der Waals surface area (Å²) in [6.45, 7) is 0. The van der Waals surface area contributed by atoms with Crippen LogP contribution in [0.15, 0.2) is 12.3 Å². The van der Waals surface area contributed by atoms with Crippen molar-refractivity contribution in [1.29, 1.82) is 0 Å². The van der Waals surface area contributed by atoms with Gasteiger partial charge in [-0.15, -0.1) is 0 Å². The van der Waals surface area contributed by atoms with Crippen LogP contribution in [0.2, 0.25) is 0 Å². The minimum Gasteiger partial charge on any atom is -0.319 e. The van der Waals surface area contributed by atoms with Crippen LogP contribution in [0.5, 0.6) is 0 Å². The minimum absolute atomic E-state index is 0.202. The first kappa shape index (κ1) is 12.1. The zero-order chi connectivity index (χ0) is 12.4. The smallest absolute Gasteiger partial charge is 0.258 e. The third kappa shape index (κ3) is 2.32. The number of rotatable bonds is 3. The van der Waals surface area contributed by atoms with Gasteiger partial charge in [0.2, 0.25) is 5.91 Å². The normalized spacial score (nSPS) is 14.5. The molecule has 0 aliphatic heterocycles. The number of imide groups is 1. The fourth-order valence-electron chi connectivity index (χ4n) is 1.66. The molecule has 0 radical (unpaired) electrons. The highest BCUT2D eigenvalue weighted by Crippen LogP contribution is 2.23. The molecule has 1 aromatic rings. The van der Waals surface area contributed by atoms with Crippen LogP contribution in [0.1, 0.15) is 21.6 Å². The molecular formula is C11H13N3O2S. The number of hydrogen-bond donors (Lipinski definition) is 3. The Morgan fingerprint density at radius 1 is 1.53 bits per heavy atom. The number of amides is 2. The Labute approximate surface area is 104 Å². The van der Waals surface area contributed by atoms with Gasteiger partial charge in [-0.1, -0.05) is 0 Å². The van der Waals surface area contributed by atoms with Gasteiger partial charge in [-0.25, -0.2) is 0 Å². The van der Waals surface area contributed by atoms with Crippen LogP contribution in [0.25, 0.3) is 0 Å². The summed E-state index contributed by atoms with van der Waals surface area (Å²) in [4.78, 5) is 27.4. The highest BCUT2D eigenvalue weighted by atomic mass is 32.1. The lowest BCUT2D eigenvalue weighted by molar-refractivity contribution is -0.120. The van der Waals surface area contributed by atoms with Gasteiger partial charge in [0.05, 0.1) is 6.04 Å². The number of aryl methyl sites for hydroxylation is 1. The van der Waals surface area contributed by atoms with Gasteiger partial charge in [0.25, 0.3) is 5.91 Å². The summed E-state index contributed by atoms with van der Waals surface area (Å²) in [5, 5.41) is 2.27. The number of pyridine rings is 1. The Hall–Kier alpha value is -1.40. The predicted molar refractivity (Wildman–Crippen MR) is 65.9 cm³/mol. The summed E-state index contributed by atoms with van der Waals surface area (Å²) < 4.78 is 0. The molecule has 90 valence electrons. The van der Waals surface area contributed by atoms with Crippen molar-refractivity contribution in [3.8, 4) is 0 Å². The molecule has 1 aromatic heterocycles. The van der Waals surface area contributed by atoms with Crippen LogP contribution in [-0.4, -0.2) is 28.6 Å². The lowest BCUT2D eigenvalue weighted by atomic mass is 9.89. The van der Waals surface area contributed by atoms with E-state index in [-0.39, 0.29) is 5.75 Å². The van der Waals surface area contributed by atoms with Gasteiger partial charge in [-0.05, 0) is 24.5 Å². The molecule has 0 unspecified atom stereocenters. The maximum Gasteiger partial charge on any atom is 0.258 e. The van der Waals surface area contributed by atoms with Crippen molar-refractivity contribution in [1.82, 2.24) is 10.3 Å². The van der Waals surface area contributed by atoms with E-state index in [4.69, 9.17) is 5.73 Å². The highest BCUT2D eigenvalue weighted by molar-refractivity contribution is 7.80. The second kappa shape index (κ2) is 4.85. The van der Waals surface area contributed by atoms with Crippen LogP contribution in [0.4, 0.5) is 0 Å². The number of carbonyl (C=O) groups excluding carboxylic acids is 2. The monoisotopic (exact) mass is 251 g/mol. The predicted octanol–water partition coefficient (Wildman–Crippen LogP) is -0.306. The average molecular weight is 251 g/mol. The van der Waals surface area contributed by atoms with Gasteiger partial charge in [-0.3, -0.25) is 19.9 Å². The Morgan fingerprint density at radius 2 is 2.29 bits per heavy atom. The summed E-state index contributed by atoms with van der Waals surface area (Å²) in [6, 6.07) is 0.849. The van der Waals surface area contributed by atoms with E-state index in [1.807, 2.05) is 0 Å². The molecule has 0 saturated carbocycles. The van der Waals surface area contributed by atoms with E-state index in [0.29, 0.717) is 5.56 Å². The van der Waals surface area contributed by atoms with Crippen molar-refractivity contribution in [2.24, 2.45) is 5.73 Å². The zero-order valence-electron chi connectivity index (χ0n) is 9.14. The fraction of sp³-hybridized carbons (Fsp3) is 0.364. The number of thiol groups is 1. The summed E-state index contributed by atoms with van der Waals surface area (Å²) >= 11 is 3.91. The molecule has 17 heavy (non-hydrogen) atoms. The first-order valence-electron chi connectivity index (χ1n) is 5.32. The molecular weight excluding hydrogens is 238 g/mol. The molecule has 1 heterocycles. The van der Waals surface area contributed by atoms with Crippen LogP contribution in [0.3, 0.4) is 0 Å². The standard InChI is InChI=1S/C11H13N3O2S/c12-8(5-17)11(16)14-10(15)7-3-4-13-9-2-1-6(7)9/h3-4,8,17H,1-2,5,12H2,(H,14,15,16)/t8-/m0/s1. The van der Waals surface area contributed by atoms with Crippen LogP contribution in [0, 0.1) is 0 Å². The topological polar surface area (TPSA) is 85.1 Å². The molecule has 2 amide bonds. The van der Waals surface area contributed by atoms with Crippen molar-refractivity contribution < 1.29 is 9.59 Å². The third-order valence-corrected chi connectivity index (χ3v) is 3.17. The van der Waals surface area contributed by atoms with Gasteiger partial charge in [-0.2, -0.15) is 12.6 Å². The van der Waals surface area contributed by atoms with Crippen molar-refractivity contribution in [2.75, 3.05) is 5.75 Å². The minimum atomic E-state index is -0.769. The molecule has 0 aromatic carbocycles.